The Balaban J connectivity index is 1.73. The molecule has 3 N–H and O–H groups in total. The molecule has 19 heavy (non-hydrogen) atoms. The van der Waals surface area contributed by atoms with Crippen LogP contribution in [0.5, 0.6) is 0 Å². The predicted molar refractivity (Wildman–Crippen MR) is 81.2 cm³/mol. The summed E-state index contributed by atoms with van der Waals surface area (Å²) in [5.41, 5.74) is 7.05. The molecular formula is C15H22N2OS. The fourth-order valence-electron chi connectivity index (χ4n) is 2.27. The van der Waals surface area contributed by atoms with Crippen LogP contribution in [-0.2, 0) is 11.2 Å². The van der Waals surface area contributed by atoms with Gasteiger partial charge in [0.1, 0.15) is 0 Å². The third-order valence-electron chi connectivity index (χ3n) is 3.41. The molecule has 0 aromatic heterocycles. The summed E-state index contributed by atoms with van der Waals surface area (Å²) in [6.07, 6.45) is 4.40. The Hall–Kier alpha value is -1.00. The zero-order valence-corrected chi connectivity index (χ0v) is 12.0. The van der Waals surface area contributed by atoms with Crippen molar-refractivity contribution in [3.8, 4) is 0 Å². The number of nitrogens with two attached hydrogens (primary N) is 1. The van der Waals surface area contributed by atoms with E-state index >= 15 is 0 Å². The highest BCUT2D eigenvalue weighted by Crippen LogP contribution is 2.24. The number of benzene rings is 1. The number of nitrogens with one attached hydrogen (secondary N) is 1. The summed E-state index contributed by atoms with van der Waals surface area (Å²) >= 11 is 1.97. The minimum absolute atomic E-state index is 0.0324. The van der Waals surface area contributed by atoms with E-state index in [1.165, 1.54) is 25.0 Å². The first-order chi connectivity index (χ1) is 9.25. The number of hydrogen-bond donors (Lipinski definition) is 2. The van der Waals surface area contributed by atoms with Gasteiger partial charge in [0.15, 0.2) is 0 Å². The standard InChI is InChI=1S/C15H22N2OS/c16-14(10-12-6-2-1-3-7-12)15(18)17-11-13-8-4-5-9-19-13/h1-3,6-7,13-14H,4-5,8-11,16H2,(H,17,18). The lowest BCUT2D eigenvalue weighted by Gasteiger charge is -2.22. The van der Waals surface area contributed by atoms with Gasteiger partial charge < -0.3 is 11.1 Å². The average molecular weight is 278 g/mol. The summed E-state index contributed by atoms with van der Waals surface area (Å²) in [7, 11) is 0. The average Bonchev–Trinajstić information content (AvgIpc) is 2.47. The third kappa shape index (κ3) is 4.88. The molecule has 104 valence electrons. The SMILES string of the molecule is NC(Cc1ccccc1)C(=O)NCC1CCCCS1. The van der Waals surface area contributed by atoms with E-state index in [1.807, 2.05) is 42.1 Å². The van der Waals surface area contributed by atoms with Crippen LogP contribution in [-0.4, -0.2) is 29.5 Å². The van der Waals surface area contributed by atoms with E-state index in [1.54, 1.807) is 0 Å². The van der Waals surface area contributed by atoms with Crippen LogP contribution >= 0.6 is 11.8 Å². The van der Waals surface area contributed by atoms with Crippen molar-refractivity contribution in [1.29, 1.82) is 0 Å². The molecule has 0 radical (unpaired) electrons. The smallest absolute Gasteiger partial charge is 0.237 e. The molecular weight excluding hydrogens is 256 g/mol. The normalized spacial score (nSPS) is 20.8. The zero-order chi connectivity index (χ0) is 13.5. The molecule has 1 aliphatic rings. The van der Waals surface area contributed by atoms with E-state index < -0.39 is 6.04 Å². The van der Waals surface area contributed by atoms with E-state index in [9.17, 15) is 4.79 Å². The maximum absolute atomic E-state index is 11.9. The van der Waals surface area contributed by atoms with Crippen molar-refractivity contribution in [3.05, 3.63) is 35.9 Å². The van der Waals surface area contributed by atoms with Crippen LogP contribution in [0.1, 0.15) is 24.8 Å². The number of rotatable bonds is 5. The molecule has 1 heterocycles. The van der Waals surface area contributed by atoms with Crippen molar-refractivity contribution in [3.63, 3.8) is 0 Å². The molecule has 0 bridgehead atoms. The van der Waals surface area contributed by atoms with Gasteiger partial charge in [0.2, 0.25) is 5.91 Å². The van der Waals surface area contributed by atoms with Gasteiger partial charge in [-0.1, -0.05) is 36.8 Å². The summed E-state index contributed by atoms with van der Waals surface area (Å²) < 4.78 is 0. The zero-order valence-electron chi connectivity index (χ0n) is 11.2. The summed E-state index contributed by atoms with van der Waals surface area (Å²) in [5, 5.41) is 3.56. The van der Waals surface area contributed by atoms with Gasteiger partial charge in [-0.2, -0.15) is 11.8 Å². The largest absolute Gasteiger partial charge is 0.354 e. The molecule has 1 fully saturated rings. The van der Waals surface area contributed by atoms with Gasteiger partial charge in [-0.15, -0.1) is 0 Å². The monoisotopic (exact) mass is 278 g/mol. The Morgan fingerprint density at radius 3 is 2.84 bits per heavy atom. The van der Waals surface area contributed by atoms with Crippen molar-refractivity contribution in [2.24, 2.45) is 5.73 Å². The van der Waals surface area contributed by atoms with Gasteiger partial charge in [0, 0.05) is 11.8 Å². The van der Waals surface area contributed by atoms with Crippen LogP contribution in [0, 0.1) is 0 Å². The molecule has 4 heteroatoms. The first-order valence-electron chi connectivity index (χ1n) is 6.94. The Labute approximate surface area is 119 Å². The van der Waals surface area contributed by atoms with Crippen molar-refractivity contribution in [1.82, 2.24) is 5.32 Å². The molecule has 2 unspecified atom stereocenters. The number of thioether (sulfide) groups is 1. The molecule has 1 aromatic carbocycles. The minimum Gasteiger partial charge on any atom is -0.354 e. The number of amides is 1. The van der Waals surface area contributed by atoms with E-state index in [4.69, 9.17) is 5.73 Å². The number of carbonyl (C=O) groups excluding carboxylic acids is 1. The summed E-state index contributed by atoms with van der Waals surface area (Å²) in [4.78, 5) is 11.9. The second-order valence-electron chi connectivity index (χ2n) is 5.03. The summed E-state index contributed by atoms with van der Waals surface area (Å²) in [6.45, 7) is 0.756. The molecule has 1 aliphatic heterocycles. The second kappa shape index (κ2) is 7.56. The van der Waals surface area contributed by atoms with Crippen molar-refractivity contribution in [2.75, 3.05) is 12.3 Å². The van der Waals surface area contributed by atoms with Crippen molar-refractivity contribution < 1.29 is 4.79 Å². The second-order valence-corrected chi connectivity index (χ2v) is 6.44. The number of hydrogen-bond acceptors (Lipinski definition) is 3. The topological polar surface area (TPSA) is 55.1 Å². The molecule has 2 rings (SSSR count). The first kappa shape index (κ1) is 14.4. The maximum Gasteiger partial charge on any atom is 0.237 e. The highest BCUT2D eigenvalue weighted by molar-refractivity contribution is 7.99. The highest BCUT2D eigenvalue weighted by atomic mass is 32.2. The first-order valence-corrected chi connectivity index (χ1v) is 7.99. The fourth-order valence-corrected chi connectivity index (χ4v) is 3.51. The van der Waals surface area contributed by atoms with E-state index in [-0.39, 0.29) is 5.91 Å². The van der Waals surface area contributed by atoms with Gasteiger partial charge in [-0.3, -0.25) is 4.79 Å². The molecule has 1 saturated heterocycles. The lowest BCUT2D eigenvalue weighted by Crippen LogP contribution is -2.44. The molecule has 0 saturated carbocycles. The van der Waals surface area contributed by atoms with Crippen LogP contribution < -0.4 is 11.1 Å². The lowest BCUT2D eigenvalue weighted by atomic mass is 10.1. The number of carbonyl (C=O) groups is 1. The molecule has 3 nitrogen and oxygen atoms in total. The van der Waals surface area contributed by atoms with Crippen LogP contribution in [0.3, 0.4) is 0 Å². The van der Waals surface area contributed by atoms with Crippen LogP contribution in [0.15, 0.2) is 30.3 Å². The fraction of sp³-hybridized carbons (Fsp3) is 0.533. The van der Waals surface area contributed by atoms with Crippen molar-refractivity contribution >= 4 is 17.7 Å². The molecule has 0 spiro atoms. The molecule has 1 amide bonds. The van der Waals surface area contributed by atoms with Crippen LogP contribution in [0.2, 0.25) is 0 Å². The Morgan fingerprint density at radius 1 is 1.37 bits per heavy atom. The predicted octanol–water partition coefficient (Wildman–Crippen LogP) is 1.96. The van der Waals surface area contributed by atoms with Gasteiger partial charge >= 0.3 is 0 Å². The van der Waals surface area contributed by atoms with Gasteiger partial charge in [-0.25, -0.2) is 0 Å². The van der Waals surface area contributed by atoms with Crippen molar-refractivity contribution in [2.45, 2.75) is 37.0 Å². The van der Waals surface area contributed by atoms with E-state index in [2.05, 4.69) is 5.32 Å². The Kier molecular flexibility index (Phi) is 5.73. The van der Waals surface area contributed by atoms with E-state index in [0.29, 0.717) is 11.7 Å². The van der Waals surface area contributed by atoms with Gasteiger partial charge in [-0.05, 0) is 30.6 Å². The van der Waals surface area contributed by atoms with E-state index in [0.717, 1.165) is 12.1 Å². The highest BCUT2D eigenvalue weighted by Gasteiger charge is 2.18. The molecule has 2 atom stereocenters. The van der Waals surface area contributed by atoms with Crippen LogP contribution in [0.25, 0.3) is 0 Å². The summed E-state index contributed by atoms with van der Waals surface area (Å²) in [5.74, 6) is 1.19. The van der Waals surface area contributed by atoms with Crippen LogP contribution in [0.4, 0.5) is 0 Å². The van der Waals surface area contributed by atoms with Gasteiger partial charge in [0.25, 0.3) is 0 Å². The van der Waals surface area contributed by atoms with Gasteiger partial charge in [0.05, 0.1) is 6.04 Å². The minimum atomic E-state index is -0.448. The summed E-state index contributed by atoms with van der Waals surface area (Å²) in [6, 6.07) is 9.47. The maximum atomic E-state index is 11.9. The molecule has 1 aromatic rings. The lowest BCUT2D eigenvalue weighted by molar-refractivity contribution is -0.122. The molecule has 0 aliphatic carbocycles. The Bertz CT molecular complexity index is 390. The Morgan fingerprint density at radius 2 is 2.16 bits per heavy atom. The quantitative estimate of drug-likeness (QED) is 0.865. The third-order valence-corrected chi connectivity index (χ3v) is 4.81.